The van der Waals surface area contributed by atoms with Crippen LogP contribution in [0.15, 0.2) is 116 Å². The Kier molecular flexibility index (Phi) is 14.7. The number of aromatic amines is 1. The molecule has 4 aromatic carbocycles. The maximum absolute atomic E-state index is 14.2. The Morgan fingerprint density at radius 3 is 2.00 bits per heavy atom. The second kappa shape index (κ2) is 20.2. The number of hydrogen-bond donors (Lipinski definition) is 4. The SMILES string of the molecule is CC(C)C[C@H](NC(=O)[C@@H](Cc1c[nH]cn1)NC(=O)[C@H](Cc1cccc2ccccc12)NC(=O)OCc1ccccc1)[C@@H](C=O)CC(=O)OCc1ccccc1. The molecule has 5 aromatic rings. The summed E-state index contributed by atoms with van der Waals surface area (Å²) in [6.45, 7) is 3.93. The maximum Gasteiger partial charge on any atom is 0.408 e. The molecular weight excluding hydrogens is 699 g/mol. The molecule has 12 nitrogen and oxygen atoms in total. The van der Waals surface area contributed by atoms with Crippen molar-refractivity contribution < 1.29 is 33.4 Å². The molecular formula is C43H47N5O7. The zero-order valence-electron chi connectivity index (χ0n) is 31.0. The van der Waals surface area contributed by atoms with E-state index in [0.717, 1.165) is 27.5 Å². The molecule has 0 radical (unpaired) electrons. The first-order chi connectivity index (χ1) is 26.7. The van der Waals surface area contributed by atoms with Crippen LogP contribution in [0.25, 0.3) is 10.8 Å². The minimum atomic E-state index is -1.17. The van der Waals surface area contributed by atoms with Gasteiger partial charge in [-0.1, -0.05) is 117 Å². The molecule has 1 aromatic heterocycles. The minimum absolute atomic E-state index is 0.000212. The molecule has 4 atom stereocenters. The summed E-state index contributed by atoms with van der Waals surface area (Å²) >= 11 is 0. The summed E-state index contributed by atoms with van der Waals surface area (Å²) in [5.74, 6) is -2.63. The normalized spacial score (nSPS) is 13.2. The molecule has 5 rings (SSSR count). The highest BCUT2D eigenvalue weighted by molar-refractivity contribution is 5.93. The number of amides is 3. The number of H-pyrrole nitrogens is 1. The molecule has 4 N–H and O–H groups in total. The maximum atomic E-state index is 14.2. The van der Waals surface area contributed by atoms with Gasteiger partial charge in [-0.25, -0.2) is 9.78 Å². The van der Waals surface area contributed by atoms with Crippen LogP contribution in [-0.2, 0) is 54.7 Å². The first kappa shape index (κ1) is 39.9. The zero-order chi connectivity index (χ0) is 39.0. The fourth-order valence-electron chi connectivity index (χ4n) is 6.31. The second-order valence-electron chi connectivity index (χ2n) is 13.8. The van der Waals surface area contributed by atoms with E-state index in [2.05, 4.69) is 25.9 Å². The smallest absolute Gasteiger partial charge is 0.408 e. The third-order valence-electron chi connectivity index (χ3n) is 9.12. The third kappa shape index (κ3) is 12.4. The molecule has 0 saturated carbocycles. The molecule has 0 aliphatic rings. The average Bonchev–Trinajstić information content (AvgIpc) is 3.71. The van der Waals surface area contributed by atoms with Crippen molar-refractivity contribution in [2.45, 2.75) is 70.9 Å². The second-order valence-corrected chi connectivity index (χ2v) is 13.8. The first-order valence-corrected chi connectivity index (χ1v) is 18.4. The molecule has 3 amide bonds. The largest absolute Gasteiger partial charge is 0.461 e. The van der Waals surface area contributed by atoms with Crippen molar-refractivity contribution in [1.29, 1.82) is 0 Å². The van der Waals surface area contributed by atoms with Crippen LogP contribution >= 0.6 is 0 Å². The Morgan fingerprint density at radius 1 is 0.727 bits per heavy atom. The highest BCUT2D eigenvalue weighted by atomic mass is 16.5. The number of carbonyl (C=O) groups is 5. The van der Waals surface area contributed by atoms with E-state index in [9.17, 15) is 24.0 Å². The van der Waals surface area contributed by atoms with E-state index in [1.54, 1.807) is 6.20 Å². The summed E-state index contributed by atoms with van der Waals surface area (Å²) in [6, 6.07) is 28.7. The van der Waals surface area contributed by atoms with Gasteiger partial charge in [0.1, 0.15) is 31.6 Å². The molecule has 0 aliphatic carbocycles. The lowest BCUT2D eigenvalue weighted by atomic mass is 9.90. The number of benzene rings is 4. The van der Waals surface area contributed by atoms with Gasteiger partial charge in [-0.2, -0.15) is 0 Å². The summed E-state index contributed by atoms with van der Waals surface area (Å²) in [5.41, 5.74) is 2.88. The van der Waals surface area contributed by atoms with Gasteiger partial charge in [0.2, 0.25) is 11.8 Å². The lowest BCUT2D eigenvalue weighted by molar-refractivity contribution is -0.147. The number of esters is 1. The molecule has 12 heteroatoms. The van der Waals surface area contributed by atoms with Crippen molar-refractivity contribution in [3.8, 4) is 0 Å². The molecule has 0 aliphatic heterocycles. The lowest BCUT2D eigenvalue weighted by Gasteiger charge is -2.28. The molecule has 0 fully saturated rings. The van der Waals surface area contributed by atoms with E-state index in [4.69, 9.17) is 9.47 Å². The fourth-order valence-corrected chi connectivity index (χ4v) is 6.31. The van der Waals surface area contributed by atoms with E-state index in [1.165, 1.54) is 6.33 Å². The highest BCUT2D eigenvalue weighted by Gasteiger charge is 2.32. The van der Waals surface area contributed by atoms with Crippen molar-refractivity contribution in [2.75, 3.05) is 0 Å². The van der Waals surface area contributed by atoms with Crippen LogP contribution in [0, 0.1) is 11.8 Å². The number of rotatable bonds is 19. The molecule has 1 heterocycles. The summed E-state index contributed by atoms with van der Waals surface area (Å²) in [5, 5.41) is 10.4. The predicted molar refractivity (Wildman–Crippen MR) is 207 cm³/mol. The number of aromatic nitrogens is 2. The van der Waals surface area contributed by atoms with Gasteiger partial charge in [-0.3, -0.25) is 14.4 Å². The molecule has 0 spiro atoms. The van der Waals surface area contributed by atoms with Gasteiger partial charge >= 0.3 is 12.1 Å². The molecule has 0 unspecified atom stereocenters. The van der Waals surface area contributed by atoms with Crippen LogP contribution in [0.5, 0.6) is 0 Å². The van der Waals surface area contributed by atoms with Crippen LogP contribution in [0.3, 0.4) is 0 Å². The number of hydrogen-bond acceptors (Lipinski definition) is 8. The summed E-state index contributed by atoms with van der Waals surface area (Å²) < 4.78 is 10.9. The van der Waals surface area contributed by atoms with E-state index >= 15 is 0 Å². The standard InChI is InChI=1S/C43H47N5O7/c1-29(2)20-37(34(25-49)22-40(50)54-26-30-12-5-3-6-13-30)46-42(52)39(23-35-24-44-28-45-35)47-41(51)38(48-43(53)55-27-31-14-7-4-8-15-31)21-33-18-11-17-32-16-9-10-19-36(32)33/h3-19,24-25,28-29,34,37-39H,20-23,26-27H2,1-2H3,(H,44,45)(H,46,52)(H,47,51)(H,48,53)/t34-,37+,38+,39-/m1/s1. The van der Waals surface area contributed by atoms with Crippen LogP contribution < -0.4 is 16.0 Å². The van der Waals surface area contributed by atoms with Gasteiger partial charge in [0.25, 0.3) is 0 Å². The van der Waals surface area contributed by atoms with Crippen molar-refractivity contribution >= 4 is 40.9 Å². The van der Waals surface area contributed by atoms with Gasteiger partial charge in [0.05, 0.1) is 18.4 Å². The number of carbonyl (C=O) groups excluding carboxylic acids is 5. The van der Waals surface area contributed by atoms with E-state index in [-0.39, 0.29) is 38.4 Å². The Morgan fingerprint density at radius 2 is 1.35 bits per heavy atom. The molecule has 0 bridgehead atoms. The monoisotopic (exact) mass is 745 g/mol. The van der Waals surface area contributed by atoms with Crippen molar-refractivity contribution in [3.05, 3.63) is 138 Å². The summed E-state index contributed by atoms with van der Waals surface area (Å²) in [7, 11) is 0. The van der Waals surface area contributed by atoms with E-state index in [1.807, 2.05) is 117 Å². The van der Waals surface area contributed by atoms with Crippen molar-refractivity contribution in [3.63, 3.8) is 0 Å². The van der Waals surface area contributed by atoms with Crippen molar-refractivity contribution in [2.24, 2.45) is 11.8 Å². The number of alkyl carbamates (subject to hydrolysis) is 1. The Balaban J connectivity index is 1.34. The van der Waals surface area contributed by atoms with Gasteiger partial charge in [-0.15, -0.1) is 0 Å². The number of nitrogens with zero attached hydrogens (tertiary/aromatic N) is 1. The molecule has 286 valence electrons. The molecule has 0 saturated heterocycles. The number of ether oxygens (including phenoxy) is 2. The van der Waals surface area contributed by atoms with Gasteiger partial charge in [0.15, 0.2) is 0 Å². The molecule has 55 heavy (non-hydrogen) atoms. The van der Waals surface area contributed by atoms with Gasteiger partial charge in [-0.05, 0) is 39.8 Å². The Bertz CT molecular complexity index is 2000. The Hall–Kier alpha value is -6.30. The van der Waals surface area contributed by atoms with Gasteiger partial charge in [0, 0.05) is 31.0 Å². The first-order valence-electron chi connectivity index (χ1n) is 18.4. The van der Waals surface area contributed by atoms with Crippen molar-refractivity contribution in [1.82, 2.24) is 25.9 Å². The summed E-state index contributed by atoms with van der Waals surface area (Å²) in [4.78, 5) is 73.9. The quantitative estimate of drug-likeness (QED) is 0.0625. The fraction of sp³-hybridized carbons (Fsp3) is 0.302. The lowest BCUT2D eigenvalue weighted by Crippen LogP contribution is -2.57. The van der Waals surface area contributed by atoms with Crippen LogP contribution in [-0.4, -0.2) is 58.3 Å². The zero-order valence-corrected chi connectivity index (χ0v) is 31.0. The van der Waals surface area contributed by atoms with E-state index in [0.29, 0.717) is 18.4 Å². The summed E-state index contributed by atoms with van der Waals surface area (Å²) in [6.07, 6.45) is 3.16. The number of fused-ring (bicyclic) bond motifs is 1. The predicted octanol–water partition coefficient (Wildman–Crippen LogP) is 5.61. The van der Waals surface area contributed by atoms with Crippen LogP contribution in [0.2, 0.25) is 0 Å². The van der Waals surface area contributed by atoms with Crippen LogP contribution in [0.4, 0.5) is 4.79 Å². The Labute approximate surface area is 320 Å². The van der Waals surface area contributed by atoms with E-state index < -0.39 is 47.9 Å². The number of nitrogens with one attached hydrogen (secondary N) is 4. The number of imidazole rings is 1. The van der Waals surface area contributed by atoms with Crippen LogP contribution in [0.1, 0.15) is 49.1 Å². The third-order valence-corrected chi connectivity index (χ3v) is 9.12. The topological polar surface area (TPSA) is 169 Å². The highest BCUT2D eigenvalue weighted by Crippen LogP contribution is 2.21. The average molecular weight is 746 g/mol. The number of aldehydes is 1. The van der Waals surface area contributed by atoms with Gasteiger partial charge < -0.3 is 35.2 Å². The minimum Gasteiger partial charge on any atom is -0.461 e.